The summed E-state index contributed by atoms with van der Waals surface area (Å²) < 4.78 is 29.5. The minimum atomic E-state index is -1.12. The number of hydrogen-bond acceptors (Lipinski definition) is 7. The Morgan fingerprint density at radius 2 is 1.47 bits per heavy atom. The molecule has 2 aliphatic heterocycles. The Kier molecular flexibility index (Phi) is 7.90. The van der Waals surface area contributed by atoms with Crippen molar-refractivity contribution in [1.82, 2.24) is 5.32 Å². The van der Waals surface area contributed by atoms with Crippen LogP contribution in [-0.4, -0.2) is 48.5 Å². The van der Waals surface area contributed by atoms with Crippen molar-refractivity contribution < 1.29 is 33.6 Å². The van der Waals surface area contributed by atoms with Crippen molar-refractivity contribution in [3.8, 4) is 0 Å². The van der Waals surface area contributed by atoms with Gasteiger partial charge < -0.3 is 34.1 Å². The standard InChI is InChI=1S/C28H29NO7/c30-24-23(29-28(31)34-17-20-12-6-2-7-13-20)27(32-16-19-10-4-1-5-11-19)35-22-18-33-26(36-25(22)24)21-14-8-3-9-15-21/h1-15,22-27,30H,16-18H2,(H,29,31)/t22-,23+,24+,25-,26-,27+/m1/s1. The quantitative estimate of drug-likeness (QED) is 0.520. The summed E-state index contributed by atoms with van der Waals surface area (Å²) in [5.41, 5.74) is 2.62. The molecule has 2 fully saturated rings. The van der Waals surface area contributed by atoms with Gasteiger partial charge in [-0.2, -0.15) is 0 Å². The van der Waals surface area contributed by atoms with E-state index in [1.54, 1.807) is 0 Å². The highest BCUT2D eigenvalue weighted by Crippen LogP contribution is 2.34. The summed E-state index contributed by atoms with van der Waals surface area (Å²) in [6.07, 6.45) is -4.71. The zero-order valence-electron chi connectivity index (χ0n) is 19.6. The van der Waals surface area contributed by atoms with Crippen LogP contribution >= 0.6 is 0 Å². The van der Waals surface area contributed by atoms with Crippen molar-refractivity contribution in [1.29, 1.82) is 0 Å². The average molecular weight is 492 g/mol. The van der Waals surface area contributed by atoms with Gasteiger partial charge in [0, 0.05) is 5.56 Å². The van der Waals surface area contributed by atoms with Crippen LogP contribution in [0.4, 0.5) is 4.79 Å². The number of aliphatic hydroxyl groups excluding tert-OH is 1. The molecule has 0 unspecified atom stereocenters. The molecule has 2 saturated heterocycles. The first-order valence-corrected chi connectivity index (χ1v) is 12.0. The van der Waals surface area contributed by atoms with Crippen molar-refractivity contribution in [2.75, 3.05) is 6.61 Å². The Morgan fingerprint density at radius 3 is 2.14 bits per heavy atom. The Labute approximate surface area is 209 Å². The number of rotatable bonds is 7. The van der Waals surface area contributed by atoms with E-state index in [1.807, 2.05) is 91.0 Å². The number of amides is 1. The number of nitrogens with one attached hydrogen (secondary N) is 1. The molecule has 36 heavy (non-hydrogen) atoms. The predicted molar refractivity (Wildman–Crippen MR) is 129 cm³/mol. The minimum Gasteiger partial charge on any atom is -0.445 e. The monoisotopic (exact) mass is 491 g/mol. The molecule has 188 valence electrons. The summed E-state index contributed by atoms with van der Waals surface area (Å²) >= 11 is 0. The molecule has 1 amide bonds. The Morgan fingerprint density at radius 1 is 0.861 bits per heavy atom. The molecule has 8 heteroatoms. The first kappa shape index (κ1) is 24.4. The second-order valence-corrected chi connectivity index (χ2v) is 8.74. The largest absolute Gasteiger partial charge is 0.445 e. The third-order valence-corrected chi connectivity index (χ3v) is 6.19. The van der Waals surface area contributed by atoms with E-state index in [0.717, 1.165) is 16.7 Å². The number of hydrogen-bond donors (Lipinski definition) is 2. The summed E-state index contributed by atoms with van der Waals surface area (Å²) in [5, 5.41) is 14.1. The smallest absolute Gasteiger partial charge is 0.407 e. The van der Waals surface area contributed by atoms with Crippen LogP contribution in [0.1, 0.15) is 23.0 Å². The highest BCUT2D eigenvalue weighted by molar-refractivity contribution is 5.67. The van der Waals surface area contributed by atoms with Gasteiger partial charge in [0.15, 0.2) is 12.6 Å². The second kappa shape index (κ2) is 11.6. The van der Waals surface area contributed by atoms with E-state index >= 15 is 0 Å². The summed E-state index contributed by atoms with van der Waals surface area (Å²) in [6.45, 7) is 0.539. The Hall–Kier alpha value is -3.27. The Balaban J connectivity index is 1.28. The van der Waals surface area contributed by atoms with Gasteiger partial charge in [0.05, 0.1) is 13.2 Å². The number of ether oxygens (including phenoxy) is 5. The van der Waals surface area contributed by atoms with Crippen LogP contribution in [-0.2, 0) is 36.9 Å². The van der Waals surface area contributed by atoms with E-state index in [-0.39, 0.29) is 19.8 Å². The molecule has 2 aliphatic rings. The average Bonchev–Trinajstić information content (AvgIpc) is 2.94. The lowest BCUT2D eigenvalue weighted by atomic mass is 9.96. The van der Waals surface area contributed by atoms with E-state index in [4.69, 9.17) is 23.7 Å². The van der Waals surface area contributed by atoms with Crippen molar-refractivity contribution in [2.45, 2.75) is 50.1 Å². The molecule has 0 spiro atoms. The van der Waals surface area contributed by atoms with E-state index in [0.29, 0.717) is 0 Å². The van der Waals surface area contributed by atoms with E-state index in [9.17, 15) is 9.90 Å². The normalized spacial score (nSPS) is 27.6. The zero-order valence-corrected chi connectivity index (χ0v) is 19.6. The van der Waals surface area contributed by atoms with Crippen LogP contribution in [0, 0.1) is 0 Å². The summed E-state index contributed by atoms with van der Waals surface area (Å²) in [6, 6.07) is 27.5. The van der Waals surface area contributed by atoms with Crippen molar-refractivity contribution in [3.63, 3.8) is 0 Å². The number of alkyl carbamates (subject to hydrolysis) is 1. The van der Waals surface area contributed by atoms with Gasteiger partial charge in [-0.05, 0) is 11.1 Å². The van der Waals surface area contributed by atoms with Crippen LogP contribution in [0.2, 0.25) is 0 Å². The van der Waals surface area contributed by atoms with Crippen molar-refractivity contribution >= 4 is 6.09 Å². The number of carbonyl (C=O) groups is 1. The molecule has 3 aromatic carbocycles. The number of carbonyl (C=O) groups excluding carboxylic acids is 1. The third-order valence-electron chi connectivity index (χ3n) is 6.19. The molecule has 0 aromatic heterocycles. The SMILES string of the molecule is O=C(N[C@@H]1[C@@H](OCc2ccccc2)O[C@@H]2CO[C@@H](c3ccccc3)O[C@H]2[C@H]1O)OCc1ccccc1. The van der Waals surface area contributed by atoms with Crippen LogP contribution in [0.5, 0.6) is 0 Å². The van der Waals surface area contributed by atoms with Crippen LogP contribution in [0.15, 0.2) is 91.0 Å². The highest BCUT2D eigenvalue weighted by atomic mass is 16.7. The molecule has 2 heterocycles. The summed E-state index contributed by atoms with van der Waals surface area (Å²) in [7, 11) is 0. The minimum absolute atomic E-state index is 0.0956. The zero-order chi connectivity index (χ0) is 24.7. The van der Waals surface area contributed by atoms with E-state index in [1.165, 1.54) is 0 Å². The molecular formula is C28H29NO7. The lowest BCUT2D eigenvalue weighted by Gasteiger charge is -2.47. The summed E-state index contributed by atoms with van der Waals surface area (Å²) in [5.74, 6) is 0. The molecule has 3 aromatic rings. The maximum atomic E-state index is 12.7. The van der Waals surface area contributed by atoms with Gasteiger partial charge in [-0.25, -0.2) is 4.79 Å². The molecule has 0 saturated carbocycles. The van der Waals surface area contributed by atoms with E-state index in [2.05, 4.69) is 5.32 Å². The van der Waals surface area contributed by atoms with E-state index < -0.39 is 43.0 Å². The van der Waals surface area contributed by atoms with Crippen LogP contribution < -0.4 is 5.32 Å². The molecule has 2 N–H and O–H groups in total. The predicted octanol–water partition coefficient (Wildman–Crippen LogP) is 3.70. The molecule has 5 rings (SSSR count). The number of fused-ring (bicyclic) bond motifs is 1. The van der Waals surface area contributed by atoms with Gasteiger partial charge in [-0.15, -0.1) is 0 Å². The van der Waals surface area contributed by atoms with Crippen molar-refractivity contribution in [3.05, 3.63) is 108 Å². The first-order chi connectivity index (χ1) is 17.7. The fourth-order valence-electron chi connectivity index (χ4n) is 4.32. The van der Waals surface area contributed by atoms with Gasteiger partial charge in [0.25, 0.3) is 0 Å². The molecule has 8 nitrogen and oxygen atoms in total. The van der Waals surface area contributed by atoms with Gasteiger partial charge >= 0.3 is 6.09 Å². The van der Waals surface area contributed by atoms with Crippen LogP contribution in [0.25, 0.3) is 0 Å². The maximum absolute atomic E-state index is 12.7. The third kappa shape index (κ3) is 5.92. The number of benzene rings is 3. The molecule has 0 bridgehead atoms. The van der Waals surface area contributed by atoms with Gasteiger partial charge in [-0.3, -0.25) is 0 Å². The van der Waals surface area contributed by atoms with Crippen LogP contribution in [0.3, 0.4) is 0 Å². The second-order valence-electron chi connectivity index (χ2n) is 8.74. The van der Waals surface area contributed by atoms with Gasteiger partial charge in [-0.1, -0.05) is 91.0 Å². The maximum Gasteiger partial charge on any atom is 0.407 e. The van der Waals surface area contributed by atoms with Gasteiger partial charge in [0.2, 0.25) is 0 Å². The molecule has 6 atom stereocenters. The van der Waals surface area contributed by atoms with Gasteiger partial charge in [0.1, 0.15) is 31.0 Å². The fourth-order valence-corrected chi connectivity index (χ4v) is 4.32. The lowest BCUT2D eigenvalue weighted by molar-refractivity contribution is -0.345. The molecule has 0 radical (unpaired) electrons. The summed E-state index contributed by atoms with van der Waals surface area (Å²) in [4.78, 5) is 12.7. The first-order valence-electron chi connectivity index (χ1n) is 12.0. The topological polar surface area (TPSA) is 95.5 Å². The lowest BCUT2D eigenvalue weighted by Crippen LogP contribution is -2.66. The van der Waals surface area contributed by atoms with Crippen molar-refractivity contribution in [2.24, 2.45) is 0 Å². The fraction of sp³-hybridized carbons (Fsp3) is 0.321. The number of aliphatic hydroxyl groups is 1. The highest BCUT2D eigenvalue weighted by Gasteiger charge is 2.50. The molecule has 0 aliphatic carbocycles. The Bertz CT molecular complexity index is 1100. The molecular weight excluding hydrogens is 462 g/mol.